The third-order valence-corrected chi connectivity index (χ3v) is 2.11. The van der Waals surface area contributed by atoms with Crippen LogP contribution in [0.1, 0.15) is 20.8 Å². The fourth-order valence-corrected chi connectivity index (χ4v) is 1.18. The highest BCUT2D eigenvalue weighted by molar-refractivity contribution is 5.77. The Balaban J connectivity index is 3.16. The molecule has 0 saturated carbocycles. The SMILES string of the molecule is CC(=O)NCCOCCOCCNC(=O)COC(C)C. The summed E-state index contributed by atoms with van der Waals surface area (Å²) in [5, 5.41) is 5.31. The normalized spacial score (nSPS) is 10.6. The molecule has 0 fully saturated rings. The summed E-state index contributed by atoms with van der Waals surface area (Å²) in [7, 11) is 0. The number of amides is 2. The van der Waals surface area contributed by atoms with Crippen molar-refractivity contribution in [3.05, 3.63) is 0 Å². The van der Waals surface area contributed by atoms with Gasteiger partial charge in [-0.15, -0.1) is 0 Å². The number of carbonyl (C=O) groups is 2. The van der Waals surface area contributed by atoms with E-state index in [4.69, 9.17) is 14.2 Å². The molecule has 0 rings (SSSR count). The van der Waals surface area contributed by atoms with E-state index in [-0.39, 0.29) is 24.5 Å². The van der Waals surface area contributed by atoms with Crippen LogP contribution in [0, 0.1) is 0 Å². The Morgan fingerprint density at radius 1 is 0.950 bits per heavy atom. The molecular weight excluding hydrogens is 264 g/mol. The van der Waals surface area contributed by atoms with Crippen LogP contribution in [0.2, 0.25) is 0 Å². The van der Waals surface area contributed by atoms with Crippen molar-refractivity contribution in [1.82, 2.24) is 10.6 Å². The lowest BCUT2D eigenvalue weighted by atomic mass is 10.5. The molecule has 0 heterocycles. The molecule has 0 radical (unpaired) electrons. The fraction of sp³-hybridized carbons (Fsp3) is 0.846. The molecule has 0 atom stereocenters. The number of nitrogens with one attached hydrogen (secondary N) is 2. The van der Waals surface area contributed by atoms with Crippen LogP contribution in [0.3, 0.4) is 0 Å². The second kappa shape index (κ2) is 12.8. The van der Waals surface area contributed by atoms with E-state index in [2.05, 4.69) is 10.6 Å². The van der Waals surface area contributed by atoms with Crippen molar-refractivity contribution in [1.29, 1.82) is 0 Å². The van der Waals surface area contributed by atoms with Gasteiger partial charge in [-0.1, -0.05) is 0 Å². The Kier molecular flexibility index (Phi) is 12.1. The van der Waals surface area contributed by atoms with Crippen molar-refractivity contribution in [2.45, 2.75) is 26.9 Å². The highest BCUT2D eigenvalue weighted by Crippen LogP contribution is 1.86. The number of hydrogen-bond acceptors (Lipinski definition) is 5. The van der Waals surface area contributed by atoms with Gasteiger partial charge < -0.3 is 24.8 Å². The number of carbonyl (C=O) groups excluding carboxylic acids is 2. The van der Waals surface area contributed by atoms with Crippen molar-refractivity contribution in [3.8, 4) is 0 Å². The molecule has 0 spiro atoms. The van der Waals surface area contributed by atoms with Gasteiger partial charge in [-0.25, -0.2) is 0 Å². The van der Waals surface area contributed by atoms with Gasteiger partial charge in [0.15, 0.2) is 0 Å². The average molecular weight is 290 g/mol. The summed E-state index contributed by atoms with van der Waals surface area (Å²) >= 11 is 0. The molecule has 0 aromatic carbocycles. The highest BCUT2D eigenvalue weighted by Gasteiger charge is 2.01. The van der Waals surface area contributed by atoms with Crippen molar-refractivity contribution in [2.24, 2.45) is 0 Å². The summed E-state index contributed by atoms with van der Waals surface area (Å²) in [5.74, 6) is -0.212. The zero-order chi connectivity index (χ0) is 15.2. The van der Waals surface area contributed by atoms with Crippen LogP contribution in [-0.2, 0) is 23.8 Å². The van der Waals surface area contributed by atoms with E-state index in [0.29, 0.717) is 39.5 Å². The lowest BCUT2D eigenvalue weighted by Gasteiger charge is -2.09. The van der Waals surface area contributed by atoms with Gasteiger partial charge in [0.1, 0.15) is 6.61 Å². The summed E-state index contributed by atoms with van der Waals surface area (Å²) in [6, 6.07) is 0. The summed E-state index contributed by atoms with van der Waals surface area (Å²) in [5.41, 5.74) is 0. The van der Waals surface area contributed by atoms with Gasteiger partial charge in [-0.05, 0) is 13.8 Å². The van der Waals surface area contributed by atoms with E-state index in [1.165, 1.54) is 6.92 Å². The number of rotatable bonds is 12. The van der Waals surface area contributed by atoms with E-state index >= 15 is 0 Å². The van der Waals surface area contributed by atoms with Gasteiger partial charge >= 0.3 is 0 Å². The molecule has 0 aliphatic heterocycles. The molecule has 20 heavy (non-hydrogen) atoms. The molecular formula is C13H26N2O5. The Morgan fingerprint density at radius 3 is 2.00 bits per heavy atom. The van der Waals surface area contributed by atoms with E-state index in [9.17, 15) is 9.59 Å². The maximum atomic E-state index is 11.3. The second-order valence-corrected chi connectivity index (χ2v) is 4.42. The van der Waals surface area contributed by atoms with Crippen LogP contribution in [0.4, 0.5) is 0 Å². The van der Waals surface area contributed by atoms with Crippen LogP contribution in [0.5, 0.6) is 0 Å². The van der Waals surface area contributed by atoms with Crippen molar-refractivity contribution in [2.75, 3.05) is 46.1 Å². The zero-order valence-electron chi connectivity index (χ0n) is 12.6. The van der Waals surface area contributed by atoms with Crippen LogP contribution in [0.25, 0.3) is 0 Å². The van der Waals surface area contributed by atoms with Crippen LogP contribution < -0.4 is 10.6 Å². The number of ether oxygens (including phenoxy) is 3. The lowest BCUT2D eigenvalue weighted by Crippen LogP contribution is -2.31. The largest absolute Gasteiger partial charge is 0.377 e. The molecule has 0 bridgehead atoms. The minimum Gasteiger partial charge on any atom is -0.377 e. The monoisotopic (exact) mass is 290 g/mol. The smallest absolute Gasteiger partial charge is 0.246 e. The second-order valence-electron chi connectivity index (χ2n) is 4.42. The quantitative estimate of drug-likeness (QED) is 0.482. The van der Waals surface area contributed by atoms with Crippen LogP contribution in [-0.4, -0.2) is 64.0 Å². The topological polar surface area (TPSA) is 85.9 Å². The Morgan fingerprint density at radius 2 is 1.50 bits per heavy atom. The molecule has 0 aromatic heterocycles. The summed E-state index contributed by atoms with van der Waals surface area (Å²) in [4.78, 5) is 21.8. The van der Waals surface area contributed by atoms with E-state index in [1.54, 1.807) is 0 Å². The van der Waals surface area contributed by atoms with E-state index < -0.39 is 0 Å². The maximum absolute atomic E-state index is 11.3. The van der Waals surface area contributed by atoms with Crippen LogP contribution >= 0.6 is 0 Å². The minimum atomic E-state index is -0.145. The summed E-state index contributed by atoms with van der Waals surface area (Å²) in [6.07, 6.45) is 0.0478. The van der Waals surface area contributed by atoms with Gasteiger partial charge in [0.05, 0.1) is 32.5 Å². The molecule has 0 aliphatic rings. The summed E-state index contributed by atoms with van der Waals surface area (Å²) < 4.78 is 15.6. The molecule has 0 aromatic rings. The Hall–Kier alpha value is -1.18. The van der Waals surface area contributed by atoms with Crippen molar-refractivity contribution >= 4 is 11.8 Å². The predicted molar refractivity (Wildman–Crippen MR) is 74.4 cm³/mol. The average Bonchev–Trinajstić information content (AvgIpc) is 2.38. The Bertz CT molecular complexity index is 271. The third-order valence-electron chi connectivity index (χ3n) is 2.11. The van der Waals surface area contributed by atoms with E-state index in [1.807, 2.05) is 13.8 Å². The zero-order valence-corrected chi connectivity index (χ0v) is 12.6. The van der Waals surface area contributed by atoms with Gasteiger partial charge in [0, 0.05) is 20.0 Å². The molecule has 0 aliphatic carbocycles. The first kappa shape index (κ1) is 18.8. The maximum Gasteiger partial charge on any atom is 0.246 e. The first-order valence-corrected chi connectivity index (χ1v) is 6.80. The number of hydrogen-bond donors (Lipinski definition) is 2. The third kappa shape index (κ3) is 14.9. The van der Waals surface area contributed by atoms with Gasteiger partial charge in [-0.3, -0.25) is 9.59 Å². The molecule has 2 amide bonds. The first-order valence-electron chi connectivity index (χ1n) is 6.80. The molecule has 2 N–H and O–H groups in total. The summed E-state index contributed by atoms with van der Waals surface area (Å²) in [6.45, 7) is 8.06. The molecule has 7 nitrogen and oxygen atoms in total. The van der Waals surface area contributed by atoms with Crippen molar-refractivity contribution in [3.63, 3.8) is 0 Å². The van der Waals surface area contributed by atoms with Crippen LogP contribution in [0.15, 0.2) is 0 Å². The first-order chi connectivity index (χ1) is 9.52. The minimum absolute atomic E-state index is 0.0478. The molecule has 0 unspecified atom stereocenters. The van der Waals surface area contributed by atoms with Crippen molar-refractivity contribution < 1.29 is 23.8 Å². The van der Waals surface area contributed by atoms with Gasteiger partial charge in [-0.2, -0.15) is 0 Å². The lowest BCUT2D eigenvalue weighted by molar-refractivity contribution is -0.127. The van der Waals surface area contributed by atoms with Gasteiger partial charge in [0.25, 0.3) is 0 Å². The highest BCUT2D eigenvalue weighted by atomic mass is 16.5. The standard InChI is InChI=1S/C13H26N2O5/c1-11(2)20-10-13(17)15-5-7-19-9-8-18-6-4-14-12(3)16/h11H,4-10H2,1-3H3,(H,14,16)(H,15,17). The molecule has 0 saturated heterocycles. The Labute approximate surface area is 120 Å². The molecule has 118 valence electrons. The molecule has 7 heteroatoms. The van der Waals surface area contributed by atoms with Gasteiger partial charge in [0.2, 0.25) is 11.8 Å². The predicted octanol–water partition coefficient (Wildman–Crippen LogP) is -0.303. The fourth-order valence-electron chi connectivity index (χ4n) is 1.18. The van der Waals surface area contributed by atoms with E-state index in [0.717, 1.165) is 0 Å².